The molecule has 1 atom stereocenters. The molecule has 0 aliphatic heterocycles. The number of alkyl halides is 3. The van der Waals surface area contributed by atoms with Crippen LogP contribution in [0.15, 0.2) is 36.4 Å². The lowest BCUT2D eigenvalue weighted by molar-refractivity contribution is -0.137. The maximum Gasteiger partial charge on any atom is 0.418 e. The van der Waals surface area contributed by atoms with Crippen LogP contribution in [-0.4, -0.2) is 29.8 Å². The number of likely N-dealkylation sites (N-methyl/N-ethyl adjacent to an activating group) is 1. The third-order valence-electron chi connectivity index (χ3n) is 4.12. The minimum absolute atomic E-state index is 0.168. The Hall–Kier alpha value is -2.31. The van der Waals surface area contributed by atoms with Gasteiger partial charge in [0.15, 0.2) is 0 Å². The van der Waals surface area contributed by atoms with Crippen molar-refractivity contribution in [3.63, 3.8) is 0 Å². The smallest absolute Gasteiger partial charge is 0.334 e. The molecule has 0 saturated carbocycles. The molecular formula is C18H21F3N2O2. The van der Waals surface area contributed by atoms with Crippen LogP contribution in [0.5, 0.6) is 0 Å². The second-order valence-electron chi connectivity index (χ2n) is 5.97. The van der Waals surface area contributed by atoms with Crippen molar-refractivity contribution in [1.29, 1.82) is 0 Å². The molecule has 1 aliphatic rings. The van der Waals surface area contributed by atoms with Gasteiger partial charge in [-0.2, -0.15) is 13.2 Å². The number of carbonyl (C=O) groups excluding carboxylic acids is 2. The number of rotatable bonds is 6. The van der Waals surface area contributed by atoms with Gasteiger partial charge in [0, 0.05) is 13.0 Å². The predicted octanol–water partition coefficient (Wildman–Crippen LogP) is 3.85. The van der Waals surface area contributed by atoms with Gasteiger partial charge in [0.05, 0.1) is 17.8 Å². The Morgan fingerprint density at radius 1 is 1.28 bits per heavy atom. The summed E-state index contributed by atoms with van der Waals surface area (Å²) in [7, 11) is 0. The minimum atomic E-state index is -4.56. The van der Waals surface area contributed by atoms with E-state index in [1.165, 1.54) is 23.1 Å². The van der Waals surface area contributed by atoms with Gasteiger partial charge in [-0.05, 0) is 37.8 Å². The number of hydrogen-bond acceptors (Lipinski definition) is 2. The molecule has 0 fully saturated rings. The molecular weight excluding hydrogens is 333 g/mol. The molecule has 7 heteroatoms. The Labute approximate surface area is 144 Å². The number of hydrogen-bond donors (Lipinski definition) is 1. The molecule has 2 rings (SSSR count). The molecule has 4 nitrogen and oxygen atoms in total. The van der Waals surface area contributed by atoms with E-state index >= 15 is 0 Å². The highest BCUT2D eigenvalue weighted by Crippen LogP contribution is 2.34. The van der Waals surface area contributed by atoms with Gasteiger partial charge < -0.3 is 10.2 Å². The van der Waals surface area contributed by atoms with E-state index in [-0.39, 0.29) is 24.1 Å². The average Bonchev–Trinajstić information content (AvgIpc) is 3.05. The topological polar surface area (TPSA) is 49.4 Å². The van der Waals surface area contributed by atoms with Crippen LogP contribution in [0.1, 0.15) is 31.7 Å². The van der Waals surface area contributed by atoms with Crippen LogP contribution in [0.25, 0.3) is 0 Å². The summed E-state index contributed by atoms with van der Waals surface area (Å²) in [5.74, 6) is -0.636. The van der Waals surface area contributed by atoms with E-state index < -0.39 is 17.6 Å². The van der Waals surface area contributed by atoms with Crippen LogP contribution in [0.2, 0.25) is 0 Å². The zero-order valence-electron chi connectivity index (χ0n) is 14.0. The Morgan fingerprint density at radius 3 is 2.60 bits per heavy atom. The van der Waals surface area contributed by atoms with Gasteiger partial charge in [-0.1, -0.05) is 24.3 Å². The number of nitrogens with one attached hydrogen (secondary N) is 1. The van der Waals surface area contributed by atoms with E-state index in [9.17, 15) is 22.8 Å². The second-order valence-corrected chi connectivity index (χ2v) is 5.97. The maximum atomic E-state index is 13.0. The van der Waals surface area contributed by atoms with Crippen LogP contribution in [0, 0.1) is 5.92 Å². The van der Waals surface area contributed by atoms with Crippen molar-refractivity contribution in [2.75, 3.05) is 18.4 Å². The first-order valence-electron chi connectivity index (χ1n) is 8.21. The standard InChI is InChI=1S/C18H21F3N2O2/c1-2-23(17(25)11-13-7-3-4-8-13)12-16(24)22-15-10-6-5-9-14(15)18(19,20)21/h3,5-7,9-10,13H,2,4,8,11-12H2,1H3,(H,22,24)/t13-/m0/s1. The third-order valence-corrected chi connectivity index (χ3v) is 4.12. The molecule has 1 aliphatic carbocycles. The van der Waals surface area contributed by atoms with Crippen LogP contribution in [0.3, 0.4) is 0 Å². The summed E-state index contributed by atoms with van der Waals surface area (Å²) < 4.78 is 38.9. The molecule has 0 unspecified atom stereocenters. The number of amides is 2. The monoisotopic (exact) mass is 354 g/mol. The number of benzene rings is 1. The maximum absolute atomic E-state index is 13.0. The van der Waals surface area contributed by atoms with Gasteiger partial charge in [0.25, 0.3) is 0 Å². The second kappa shape index (κ2) is 8.18. The molecule has 0 saturated heterocycles. The van der Waals surface area contributed by atoms with Crippen LogP contribution >= 0.6 is 0 Å². The number of allylic oxidation sites excluding steroid dienone is 2. The molecule has 0 bridgehead atoms. The number of para-hydroxylation sites is 1. The number of nitrogens with zero attached hydrogens (tertiary/aromatic N) is 1. The predicted molar refractivity (Wildman–Crippen MR) is 88.8 cm³/mol. The molecule has 2 amide bonds. The summed E-state index contributed by atoms with van der Waals surface area (Å²) >= 11 is 0. The summed E-state index contributed by atoms with van der Waals surface area (Å²) in [6, 6.07) is 4.78. The van der Waals surface area contributed by atoms with Crippen LogP contribution in [-0.2, 0) is 15.8 Å². The first-order valence-corrected chi connectivity index (χ1v) is 8.21. The molecule has 0 spiro atoms. The molecule has 0 aromatic heterocycles. The lowest BCUT2D eigenvalue weighted by atomic mass is 10.0. The van der Waals surface area contributed by atoms with Crippen LogP contribution in [0.4, 0.5) is 18.9 Å². The normalized spacial score (nSPS) is 16.7. The van der Waals surface area contributed by atoms with Crippen molar-refractivity contribution in [3.8, 4) is 0 Å². The summed E-state index contributed by atoms with van der Waals surface area (Å²) in [4.78, 5) is 25.8. The lowest BCUT2D eigenvalue weighted by Gasteiger charge is -2.22. The Kier molecular flexibility index (Phi) is 6.22. The Bertz CT molecular complexity index is 656. The average molecular weight is 354 g/mol. The van der Waals surface area contributed by atoms with Crippen molar-refractivity contribution in [2.45, 2.75) is 32.4 Å². The van der Waals surface area contributed by atoms with Crippen LogP contribution < -0.4 is 5.32 Å². The van der Waals surface area contributed by atoms with E-state index in [1.54, 1.807) is 6.92 Å². The van der Waals surface area contributed by atoms with Crippen molar-refractivity contribution in [2.24, 2.45) is 5.92 Å². The van der Waals surface area contributed by atoms with E-state index in [2.05, 4.69) is 5.32 Å². The fourth-order valence-corrected chi connectivity index (χ4v) is 2.80. The SMILES string of the molecule is CCN(CC(=O)Nc1ccccc1C(F)(F)F)C(=O)C[C@H]1C=CCC1. The van der Waals surface area contributed by atoms with Crippen molar-refractivity contribution < 1.29 is 22.8 Å². The molecule has 1 N–H and O–H groups in total. The highest BCUT2D eigenvalue weighted by molar-refractivity contribution is 5.95. The number of anilines is 1. The molecule has 25 heavy (non-hydrogen) atoms. The highest BCUT2D eigenvalue weighted by Gasteiger charge is 2.33. The molecule has 0 radical (unpaired) electrons. The zero-order chi connectivity index (χ0) is 18.4. The van der Waals surface area contributed by atoms with Gasteiger partial charge in [0.1, 0.15) is 0 Å². The minimum Gasteiger partial charge on any atom is -0.334 e. The van der Waals surface area contributed by atoms with Crippen molar-refractivity contribution in [3.05, 3.63) is 42.0 Å². The van der Waals surface area contributed by atoms with Gasteiger partial charge in [-0.3, -0.25) is 9.59 Å². The van der Waals surface area contributed by atoms with E-state index in [0.717, 1.165) is 18.9 Å². The third kappa shape index (κ3) is 5.34. The number of carbonyl (C=O) groups is 2. The van der Waals surface area contributed by atoms with Gasteiger partial charge in [-0.25, -0.2) is 0 Å². The molecule has 1 aromatic rings. The van der Waals surface area contributed by atoms with E-state index in [1.807, 2.05) is 12.2 Å². The molecule has 1 aromatic carbocycles. The number of halogens is 3. The Morgan fingerprint density at radius 2 is 2.00 bits per heavy atom. The van der Waals surface area contributed by atoms with E-state index in [4.69, 9.17) is 0 Å². The van der Waals surface area contributed by atoms with Crippen molar-refractivity contribution in [1.82, 2.24) is 4.90 Å². The van der Waals surface area contributed by atoms with E-state index in [0.29, 0.717) is 13.0 Å². The summed E-state index contributed by atoms with van der Waals surface area (Å²) in [5.41, 5.74) is -1.21. The van der Waals surface area contributed by atoms with Gasteiger partial charge in [-0.15, -0.1) is 0 Å². The largest absolute Gasteiger partial charge is 0.418 e. The lowest BCUT2D eigenvalue weighted by Crippen LogP contribution is -2.38. The zero-order valence-corrected chi connectivity index (χ0v) is 14.0. The van der Waals surface area contributed by atoms with Gasteiger partial charge in [0.2, 0.25) is 11.8 Å². The summed E-state index contributed by atoms with van der Waals surface area (Å²) in [6.07, 6.45) is 1.63. The Balaban J connectivity index is 1.98. The molecule has 136 valence electrons. The first-order chi connectivity index (χ1) is 11.8. The van der Waals surface area contributed by atoms with Crippen molar-refractivity contribution >= 4 is 17.5 Å². The first kappa shape index (κ1) is 19.0. The quantitative estimate of drug-likeness (QED) is 0.789. The van der Waals surface area contributed by atoms with Gasteiger partial charge >= 0.3 is 6.18 Å². The highest BCUT2D eigenvalue weighted by atomic mass is 19.4. The summed E-state index contributed by atoms with van der Waals surface area (Å²) in [6.45, 7) is 1.79. The fraction of sp³-hybridized carbons (Fsp3) is 0.444. The molecule has 0 heterocycles. The summed E-state index contributed by atoms with van der Waals surface area (Å²) in [5, 5.41) is 2.26. The fourth-order valence-electron chi connectivity index (χ4n) is 2.80.